The van der Waals surface area contributed by atoms with Crippen LogP contribution in [-0.4, -0.2) is 26.3 Å². The fourth-order valence-corrected chi connectivity index (χ4v) is 6.31. The summed E-state index contributed by atoms with van der Waals surface area (Å²) in [4.78, 5) is 11.4. The van der Waals surface area contributed by atoms with Gasteiger partial charge in [0.1, 0.15) is 0 Å². The van der Waals surface area contributed by atoms with Gasteiger partial charge < -0.3 is 10.8 Å². The highest BCUT2D eigenvalue weighted by Crippen LogP contribution is 2.72. The van der Waals surface area contributed by atoms with E-state index in [0.29, 0.717) is 6.42 Å². The second-order valence-electron chi connectivity index (χ2n) is 5.71. The number of rotatable bonds is 2. The first kappa shape index (κ1) is 12.8. The van der Waals surface area contributed by atoms with Crippen molar-refractivity contribution in [3.05, 3.63) is 0 Å². The average molecular weight is 355 g/mol. The Balaban J connectivity index is 2.48. The molecule has 3 nitrogen and oxygen atoms in total. The van der Waals surface area contributed by atoms with Gasteiger partial charge in [0.25, 0.3) is 0 Å². The second kappa shape index (κ2) is 3.45. The normalized spacial score (nSPS) is 49.6. The van der Waals surface area contributed by atoms with Crippen LogP contribution in [0.3, 0.4) is 0 Å². The fraction of sp³-hybridized carbons (Fsp3) is 0.909. The number of hydrogen-bond donors (Lipinski definition) is 2. The number of alkyl halides is 2. The van der Waals surface area contributed by atoms with Crippen molar-refractivity contribution in [1.29, 1.82) is 0 Å². The molecule has 2 aliphatic carbocycles. The predicted octanol–water partition coefficient (Wildman–Crippen LogP) is 1.94. The van der Waals surface area contributed by atoms with E-state index in [2.05, 4.69) is 31.9 Å². The molecule has 0 aliphatic heterocycles. The SMILES string of the molecule is CC1(C)[C@H](O)[C@]2(Br)CC[C@]1(CC(N)=O)[C@H]2Br. The van der Waals surface area contributed by atoms with Crippen LogP contribution in [0.15, 0.2) is 0 Å². The number of aliphatic hydroxyl groups excluding tert-OH is 1. The Morgan fingerprint density at radius 3 is 2.44 bits per heavy atom. The molecule has 0 aromatic carbocycles. The van der Waals surface area contributed by atoms with Gasteiger partial charge in [0.15, 0.2) is 0 Å². The third kappa shape index (κ3) is 1.25. The molecule has 3 N–H and O–H groups in total. The molecule has 2 fully saturated rings. The van der Waals surface area contributed by atoms with E-state index in [1.807, 2.05) is 13.8 Å². The number of carbonyl (C=O) groups is 1. The molecule has 0 aromatic heterocycles. The minimum absolute atomic E-state index is 0.0880. The molecular weight excluding hydrogens is 338 g/mol. The number of nitrogens with two attached hydrogens (primary N) is 1. The summed E-state index contributed by atoms with van der Waals surface area (Å²) in [5, 5.41) is 10.4. The van der Waals surface area contributed by atoms with Crippen LogP contribution in [0.5, 0.6) is 0 Å². The number of amides is 1. The molecule has 4 atom stereocenters. The van der Waals surface area contributed by atoms with Crippen molar-refractivity contribution in [2.45, 2.75) is 48.4 Å². The van der Waals surface area contributed by atoms with Crippen LogP contribution >= 0.6 is 31.9 Å². The maximum atomic E-state index is 11.3. The van der Waals surface area contributed by atoms with Crippen molar-refractivity contribution < 1.29 is 9.90 Å². The monoisotopic (exact) mass is 353 g/mol. The summed E-state index contributed by atoms with van der Waals surface area (Å²) in [6, 6.07) is 0. The van der Waals surface area contributed by atoms with E-state index < -0.39 is 6.10 Å². The van der Waals surface area contributed by atoms with Crippen LogP contribution in [0.4, 0.5) is 0 Å². The van der Waals surface area contributed by atoms with E-state index in [-0.39, 0.29) is 25.9 Å². The largest absolute Gasteiger partial charge is 0.391 e. The van der Waals surface area contributed by atoms with Crippen LogP contribution in [0, 0.1) is 10.8 Å². The first-order chi connectivity index (χ1) is 7.18. The molecule has 2 saturated carbocycles. The molecule has 0 aromatic rings. The van der Waals surface area contributed by atoms with Crippen LogP contribution < -0.4 is 5.73 Å². The average Bonchev–Trinajstić information content (AvgIpc) is 2.46. The number of carbonyl (C=O) groups excluding carboxylic acids is 1. The third-order valence-corrected chi connectivity index (χ3v) is 8.37. The lowest BCUT2D eigenvalue weighted by molar-refractivity contribution is -0.123. The highest BCUT2D eigenvalue weighted by Gasteiger charge is 2.73. The Hall–Kier alpha value is 0.390. The lowest BCUT2D eigenvalue weighted by Crippen LogP contribution is -2.47. The summed E-state index contributed by atoms with van der Waals surface area (Å²) in [5.74, 6) is -0.289. The number of hydrogen-bond acceptors (Lipinski definition) is 2. The van der Waals surface area contributed by atoms with Gasteiger partial charge in [-0.1, -0.05) is 45.7 Å². The molecule has 2 aliphatic rings. The van der Waals surface area contributed by atoms with Crippen molar-refractivity contribution in [3.8, 4) is 0 Å². The van der Waals surface area contributed by atoms with Gasteiger partial charge in [-0.15, -0.1) is 0 Å². The molecule has 0 radical (unpaired) electrons. The molecule has 0 spiro atoms. The zero-order valence-corrected chi connectivity index (χ0v) is 12.6. The van der Waals surface area contributed by atoms with E-state index in [9.17, 15) is 9.90 Å². The fourth-order valence-electron chi connectivity index (χ4n) is 3.64. The Morgan fingerprint density at radius 2 is 2.06 bits per heavy atom. The molecular formula is C11H17Br2NO2. The van der Waals surface area contributed by atoms with Crippen LogP contribution in [-0.2, 0) is 4.79 Å². The number of aliphatic hydroxyl groups is 1. The lowest BCUT2D eigenvalue weighted by atomic mass is 9.62. The van der Waals surface area contributed by atoms with Gasteiger partial charge in [0.05, 0.1) is 10.4 Å². The first-order valence-corrected chi connectivity index (χ1v) is 7.19. The summed E-state index contributed by atoms with van der Waals surface area (Å²) in [5.41, 5.74) is 4.82. The predicted molar refractivity (Wildman–Crippen MR) is 69.6 cm³/mol. The molecule has 92 valence electrons. The Kier molecular flexibility index (Phi) is 2.77. The molecule has 0 saturated heterocycles. The summed E-state index contributed by atoms with van der Waals surface area (Å²) >= 11 is 7.34. The van der Waals surface area contributed by atoms with Crippen LogP contribution in [0.1, 0.15) is 33.1 Å². The smallest absolute Gasteiger partial charge is 0.218 e. The quantitative estimate of drug-likeness (QED) is 0.744. The van der Waals surface area contributed by atoms with E-state index in [1.165, 1.54) is 0 Å². The van der Waals surface area contributed by atoms with E-state index >= 15 is 0 Å². The van der Waals surface area contributed by atoms with Gasteiger partial charge in [0, 0.05) is 16.7 Å². The maximum Gasteiger partial charge on any atom is 0.218 e. The molecule has 2 rings (SSSR count). The Morgan fingerprint density at radius 1 is 1.50 bits per heavy atom. The Bertz CT molecular complexity index is 347. The van der Waals surface area contributed by atoms with Crippen LogP contribution in [0.25, 0.3) is 0 Å². The van der Waals surface area contributed by atoms with Gasteiger partial charge in [-0.2, -0.15) is 0 Å². The van der Waals surface area contributed by atoms with Crippen molar-refractivity contribution in [1.82, 2.24) is 0 Å². The molecule has 5 heteroatoms. The summed E-state index contributed by atoms with van der Waals surface area (Å²) in [6.45, 7) is 4.05. The van der Waals surface area contributed by atoms with Gasteiger partial charge >= 0.3 is 0 Å². The number of halogens is 2. The first-order valence-electron chi connectivity index (χ1n) is 5.48. The second-order valence-corrected chi connectivity index (χ2v) is 8.10. The summed E-state index contributed by atoms with van der Waals surface area (Å²) < 4.78 is -0.314. The van der Waals surface area contributed by atoms with E-state index in [1.54, 1.807) is 0 Å². The molecule has 2 bridgehead atoms. The van der Waals surface area contributed by atoms with Gasteiger partial charge in [-0.25, -0.2) is 0 Å². The molecule has 0 unspecified atom stereocenters. The van der Waals surface area contributed by atoms with Crippen molar-refractivity contribution in [2.24, 2.45) is 16.6 Å². The van der Waals surface area contributed by atoms with Gasteiger partial charge in [-0.05, 0) is 18.3 Å². The maximum absolute atomic E-state index is 11.3. The van der Waals surface area contributed by atoms with E-state index in [0.717, 1.165) is 12.8 Å². The van der Waals surface area contributed by atoms with Crippen molar-refractivity contribution >= 4 is 37.8 Å². The molecule has 1 amide bonds. The zero-order chi connectivity index (χ0) is 12.4. The van der Waals surface area contributed by atoms with E-state index in [4.69, 9.17) is 5.73 Å². The number of primary amides is 1. The Labute approximate surface area is 112 Å². The highest BCUT2D eigenvalue weighted by molar-refractivity contribution is 9.12. The summed E-state index contributed by atoms with van der Waals surface area (Å²) in [6.07, 6.45) is 1.67. The molecule has 0 heterocycles. The van der Waals surface area contributed by atoms with Crippen molar-refractivity contribution in [3.63, 3.8) is 0 Å². The summed E-state index contributed by atoms with van der Waals surface area (Å²) in [7, 11) is 0. The molecule has 16 heavy (non-hydrogen) atoms. The number of fused-ring (bicyclic) bond motifs is 2. The standard InChI is InChI=1S/C11H17Br2NO2/c1-9(2)8(16)11(13)4-3-10(9,7(11)12)5-6(14)15/h7-8,16H,3-5H2,1-2H3,(H2,14,15)/t7-,8+,10+,11+/m1/s1. The zero-order valence-electron chi connectivity index (χ0n) is 9.46. The van der Waals surface area contributed by atoms with Crippen molar-refractivity contribution in [2.75, 3.05) is 0 Å². The third-order valence-electron chi connectivity index (χ3n) is 4.77. The minimum atomic E-state index is -0.461. The lowest BCUT2D eigenvalue weighted by Gasteiger charge is -2.45. The van der Waals surface area contributed by atoms with Gasteiger partial charge in [-0.3, -0.25) is 4.79 Å². The van der Waals surface area contributed by atoms with Gasteiger partial charge in [0.2, 0.25) is 5.91 Å². The highest BCUT2D eigenvalue weighted by atomic mass is 79.9. The van der Waals surface area contributed by atoms with Crippen LogP contribution in [0.2, 0.25) is 0 Å². The minimum Gasteiger partial charge on any atom is -0.391 e. The topological polar surface area (TPSA) is 63.3 Å².